The number of benzene rings is 3. The van der Waals surface area contributed by atoms with Gasteiger partial charge in [-0.1, -0.05) is 61.7 Å². The molecule has 0 saturated heterocycles. The first-order valence-corrected chi connectivity index (χ1v) is 14.6. The molecule has 0 amide bonds. The average molecular weight is 639 g/mol. The predicted molar refractivity (Wildman–Crippen MR) is 182 cm³/mol. The van der Waals surface area contributed by atoms with Crippen LogP contribution in [-0.4, -0.2) is 38.7 Å². The van der Waals surface area contributed by atoms with Gasteiger partial charge in [0.2, 0.25) is 0 Å². The molecule has 9 nitrogen and oxygen atoms in total. The highest BCUT2D eigenvalue weighted by atomic mass is 16.6. The first-order valence-electron chi connectivity index (χ1n) is 14.6. The third kappa shape index (κ3) is 10.1. The Labute approximate surface area is 275 Å². The summed E-state index contributed by atoms with van der Waals surface area (Å²) < 4.78 is 33.7. The Balaban J connectivity index is 2.14. The van der Waals surface area contributed by atoms with Crippen LogP contribution in [0, 0.1) is 0 Å². The van der Waals surface area contributed by atoms with Crippen LogP contribution in [0.1, 0.15) is 38.8 Å². The van der Waals surface area contributed by atoms with Gasteiger partial charge in [-0.3, -0.25) is 4.79 Å². The SMILES string of the molecule is C=C(C)C(=O)Oc1ccc(/C=C/c2cc(OC/C=C/C)c(-c3ccc(OC=O)c(OC)c3)cc2OC/C=C/C)cc1OC(=O)C(=C)C. The highest BCUT2D eigenvalue weighted by Gasteiger charge is 2.17. The van der Waals surface area contributed by atoms with Crippen LogP contribution in [0.15, 0.2) is 97.1 Å². The van der Waals surface area contributed by atoms with E-state index in [2.05, 4.69) is 13.2 Å². The fourth-order valence-corrected chi connectivity index (χ4v) is 3.98. The van der Waals surface area contributed by atoms with Crippen LogP contribution < -0.4 is 28.4 Å². The van der Waals surface area contributed by atoms with E-state index in [4.69, 9.17) is 28.4 Å². The quantitative estimate of drug-likeness (QED) is 0.0386. The zero-order valence-electron chi connectivity index (χ0n) is 27.2. The third-order valence-electron chi connectivity index (χ3n) is 6.43. The number of hydrogen-bond acceptors (Lipinski definition) is 9. The van der Waals surface area contributed by atoms with Crippen LogP contribution in [0.2, 0.25) is 0 Å². The van der Waals surface area contributed by atoms with Crippen molar-refractivity contribution in [3.8, 4) is 45.6 Å². The number of methoxy groups -OCH3 is 1. The van der Waals surface area contributed by atoms with E-state index in [9.17, 15) is 14.4 Å². The van der Waals surface area contributed by atoms with Gasteiger partial charge in [0.25, 0.3) is 6.47 Å². The molecule has 0 aliphatic carbocycles. The van der Waals surface area contributed by atoms with E-state index >= 15 is 0 Å². The fraction of sp³-hybridized carbons (Fsp3) is 0.184. The van der Waals surface area contributed by atoms with Crippen LogP contribution in [0.5, 0.6) is 34.5 Å². The van der Waals surface area contributed by atoms with E-state index in [1.807, 2.05) is 56.4 Å². The molecule has 0 aliphatic rings. The zero-order chi connectivity index (χ0) is 34.3. The normalized spacial score (nSPS) is 11.0. The van der Waals surface area contributed by atoms with E-state index < -0.39 is 11.9 Å². The summed E-state index contributed by atoms with van der Waals surface area (Å²) in [7, 11) is 1.49. The zero-order valence-corrected chi connectivity index (χ0v) is 27.2. The second-order valence-electron chi connectivity index (χ2n) is 10.1. The van der Waals surface area contributed by atoms with Crippen molar-refractivity contribution < 1.29 is 42.8 Å². The Morgan fingerprint density at radius 2 is 1.32 bits per heavy atom. The molecular weight excluding hydrogens is 600 g/mol. The van der Waals surface area contributed by atoms with Gasteiger partial charge in [-0.15, -0.1) is 0 Å². The monoisotopic (exact) mass is 638 g/mol. The van der Waals surface area contributed by atoms with E-state index in [0.29, 0.717) is 48.1 Å². The van der Waals surface area contributed by atoms with Crippen molar-refractivity contribution in [1.29, 1.82) is 0 Å². The molecule has 0 saturated carbocycles. The summed E-state index contributed by atoms with van der Waals surface area (Å²) >= 11 is 0. The molecule has 0 atom stereocenters. The molecule has 9 heteroatoms. The predicted octanol–water partition coefficient (Wildman–Crippen LogP) is 7.94. The van der Waals surface area contributed by atoms with Crippen LogP contribution in [0.25, 0.3) is 23.3 Å². The molecule has 3 rings (SSSR count). The molecule has 0 aromatic heterocycles. The average Bonchev–Trinajstić information content (AvgIpc) is 3.05. The lowest BCUT2D eigenvalue weighted by Crippen LogP contribution is -2.12. The van der Waals surface area contributed by atoms with Crippen molar-refractivity contribution in [3.05, 3.63) is 108 Å². The minimum absolute atomic E-state index is 0.0426. The lowest BCUT2D eigenvalue weighted by atomic mass is 10.00. The number of carbonyl (C=O) groups excluding carboxylic acids is 3. The van der Waals surface area contributed by atoms with Crippen LogP contribution >= 0.6 is 0 Å². The Bertz CT molecular complexity index is 1730. The van der Waals surface area contributed by atoms with Crippen molar-refractivity contribution in [2.75, 3.05) is 20.3 Å². The second kappa shape index (κ2) is 17.6. The van der Waals surface area contributed by atoms with E-state index in [0.717, 1.165) is 11.1 Å². The molecule has 0 bridgehead atoms. The lowest BCUT2D eigenvalue weighted by molar-refractivity contribution is -0.132. The molecule has 244 valence electrons. The summed E-state index contributed by atoms with van der Waals surface area (Å²) in [6, 6.07) is 13.7. The number of ether oxygens (including phenoxy) is 6. The number of esters is 2. The van der Waals surface area contributed by atoms with Gasteiger partial charge in [0.15, 0.2) is 23.0 Å². The summed E-state index contributed by atoms with van der Waals surface area (Å²) in [5.74, 6) is 0.545. The lowest BCUT2D eigenvalue weighted by Gasteiger charge is -2.17. The third-order valence-corrected chi connectivity index (χ3v) is 6.43. The van der Waals surface area contributed by atoms with Gasteiger partial charge in [0.05, 0.1) is 7.11 Å². The number of hydrogen-bond donors (Lipinski definition) is 0. The maximum atomic E-state index is 12.4. The molecule has 0 N–H and O–H groups in total. The van der Waals surface area contributed by atoms with Crippen molar-refractivity contribution in [2.24, 2.45) is 0 Å². The van der Waals surface area contributed by atoms with Gasteiger partial charge in [-0.2, -0.15) is 0 Å². The maximum Gasteiger partial charge on any atom is 0.338 e. The van der Waals surface area contributed by atoms with Gasteiger partial charge in [0, 0.05) is 22.3 Å². The number of carbonyl (C=O) groups is 3. The largest absolute Gasteiger partial charge is 0.493 e. The topological polar surface area (TPSA) is 107 Å². The molecule has 0 radical (unpaired) electrons. The van der Waals surface area contributed by atoms with E-state index in [1.54, 1.807) is 36.4 Å². The Morgan fingerprint density at radius 1 is 0.702 bits per heavy atom. The Hall–Kier alpha value is -5.83. The summed E-state index contributed by atoms with van der Waals surface area (Å²) in [4.78, 5) is 35.5. The molecule has 0 fully saturated rings. The summed E-state index contributed by atoms with van der Waals surface area (Å²) in [5.41, 5.74) is 3.16. The molecule has 0 heterocycles. The minimum atomic E-state index is -0.667. The number of rotatable bonds is 16. The van der Waals surface area contributed by atoms with Gasteiger partial charge in [0.1, 0.15) is 24.7 Å². The van der Waals surface area contributed by atoms with Crippen LogP contribution in [0.4, 0.5) is 0 Å². The Morgan fingerprint density at radius 3 is 1.91 bits per heavy atom. The standard InChI is InChI=1S/C38H38O9/c1-8-10-18-43-33-23-30(28-15-17-31(45-24-39)35(21-28)42-7)34(44-19-11-9-2)22-29(33)14-12-27-13-16-32(46-37(40)25(3)4)36(20-27)47-38(41)26(5)6/h8-17,20-24H,3,5,18-19H2,1-2,4,6-7H3/b10-8+,11-9+,14-12+. The molecule has 47 heavy (non-hydrogen) atoms. The molecule has 0 aliphatic heterocycles. The van der Waals surface area contributed by atoms with Crippen molar-refractivity contribution in [2.45, 2.75) is 27.7 Å². The van der Waals surface area contributed by atoms with Gasteiger partial charge in [-0.05, 0) is 75.2 Å². The first kappa shape index (κ1) is 35.6. The highest BCUT2D eigenvalue weighted by molar-refractivity contribution is 5.91. The van der Waals surface area contributed by atoms with Crippen LogP contribution in [-0.2, 0) is 14.4 Å². The second-order valence-corrected chi connectivity index (χ2v) is 10.1. The Kier molecular flexibility index (Phi) is 13.4. The van der Waals surface area contributed by atoms with E-state index in [1.165, 1.54) is 27.0 Å². The highest BCUT2D eigenvalue weighted by Crippen LogP contribution is 2.41. The maximum absolute atomic E-state index is 12.4. The first-order chi connectivity index (χ1) is 22.6. The molecule has 3 aromatic rings. The van der Waals surface area contributed by atoms with Gasteiger partial charge >= 0.3 is 11.9 Å². The van der Waals surface area contributed by atoms with Crippen molar-refractivity contribution >= 4 is 30.6 Å². The summed E-state index contributed by atoms with van der Waals surface area (Å²) in [5, 5.41) is 0. The molecular formula is C38H38O9. The summed E-state index contributed by atoms with van der Waals surface area (Å²) in [6.07, 6.45) is 11.2. The summed E-state index contributed by atoms with van der Waals surface area (Å²) in [6.45, 7) is 15.0. The smallest absolute Gasteiger partial charge is 0.338 e. The fourth-order valence-electron chi connectivity index (χ4n) is 3.98. The molecule has 0 unspecified atom stereocenters. The minimum Gasteiger partial charge on any atom is -0.493 e. The molecule has 3 aromatic carbocycles. The van der Waals surface area contributed by atoms with Crippen LogP contribution in [0.3, 0.4) is 0 Å². The van der Waals surface area contributed by atoms with Gasteiger partial charge < -0.3 is 28.4 Å². The van der Waals surface area contributed by atoms with E-state index in [-0.39, 0.29) is 28.4 Å². The number of allylic oxidation sites excluding steroid dienone is 2. The van der Waals surface area contributed by atoms with Crippen molar-refractivity contribution in [3.63, 3.8) is 0 Å². The van der Waals surface area contributed by atoms with Crippen molar-refractivity contribution in [1.82, 2.24) is 0 Å². The van der Waals surface area contributed by atoms with Gasteiger partial charge in [-0.25, -0.2) is 9.59 Å². The molecule has 0 spiro atoms.